The second kappa shape index (κ2) is 11.7. The molecule has 0 heterocycles. The minimum Gasteiger partial charge on any atom is -0.493 e. The lowest BCUT2D eigenvalue weighted by molar-refractivity contribution is 0.0955. The summed E-state index contributed by atoms with van der Waals surface area (Å²) in [6.45, 7) is 6.98. The molecule has 184 valence electrons. The normalized spacial score (nSPS) is 11.6. The molecule has 1 amide bonds. The van der Waals surface area contributed by atoms with Crippen LogP contribution in [0.4, 0.5) is 5.69 Å². The fraction of sp³-hybridized carbons (Fsp3) is 0.259. The zero-order chi connectivity index (χ0) is 25.4. The van der Waals surface area contributed by atoms with E-state index in [0.29, 0.717) is 23.8 Å². The first-order chi connectivity index (χ1) is 16.6. The average Bonchev–Trinajstić information content (AvgIpc) is 2.82. The Morgan fingerprint density at radius 2 is 1.69 bits per heavy atom. The van der Waals surface area contributed by atoms with Crippen LogP contribution in [0.25, 0.3) is 0 Å². The average molecular weight is 494 g/mol. The predicted molar refractivity (Wildman–Crippen MR) is 140 cm³/mol. The van der Waals surface area contributed by atoms with Gasteiger partial charge in [-0.05, 0) is 78.1 Å². The number of carbonyl (C=O) groups excluding carboxylic acids is 1. The molecule has 0 unspecified atom stereocenters. The first-order valence-electron chi connectivity index (χ1n) is 11.3. The van der Waals surface area contributed by atoms with Crippen molar-refractivity contribution in [3.63, 3.8) is 0 Å². The van der Waals surface area contributed by atoms with Crippen molar-refractivity contribution in [3.8, 4) is 5.75 Å². The van der Waals surface area contributed by atoms with Gasteiger partial charge in [-0.2, -0.15) is 5.10 Å². The number of nitrogens with one attached hydrogen (secondary N) is 1. The van der Waals surface area contributed by atoms with E-state index in [1.807, 2.05) is 55.5 Å². The third-order valence-electron chi connectivity index (χ3n) is 5.24. The first kappa shape index (κ1) is 26.0. The molecule has 0 aliphatic carbocycles. The summed E-state index contributed by atoms with van der Waals surface area (Å²) in [5, 5.41) is 4.01. The quantitative estimate of drug-likeness (QED) is 0.326. The number of anilines is 1. The van der Waals surface area contributed by atoms with Gasteiger partial charge in [0.2, 0.25) is 10.0 Å². The predicted octanol–water partition coefficient (Wildman–Crippen LogP) is 4.76. The van der Waals surface area contributed by atoms with Gasteiger partial charge in [0.1, 0.15) is 5.75 Å². The van der Waals surface area contributed by atoms with Crippen molar-refractivity contribution in [2.45, 2.75) is 27.3 Å². The number of hydrazone groups is 1. The highest BCUT2D eigenvalue weighted by Gasteiger charge is 2.19. The van der Waals surface area contributed by atoms with E-state index in [9.17, 15) is 13.2 Å². The van der Waals surface area contributed by atoms with Crippen LogP contribution in [-0.2, 0) is 16.6 Å². The SMILES string of the molecule is Cc1ccccc1CN(c1ccc(C(=O)N/N=C\c2ccc(OCC(C)C)cc2)cc1)S(C)(=O)=O. The highest BCUT2D eigenvalue weighted by molar-refractivity contribution is 7.92. The molecule has 3 aromatic rings. The van der Waals surface area contributed by atoms with Gasteiger partial charge in [0, 0.05) is 5.56 Å². The number of hydrogen-bond donors (Lipinski definition) is 1. The number of hydrogen-bond acceptors (Lipinski definition) is 5. The number of ether oxygens (including phenoxy) is 1. The first-order valence-corrected chi connectivity index (χ1v) is 13.2. The third-order valence-corrected chi connectivity index (χ3v) is 6.38. The van der Waals surface area contributed by atoms with Gasteiger partial charge in [-0.25, -0.2) is 13.8 Å². The van der Waals surface area contributed by atoms with Gasteiger partial charge in [-0.15, -0.1) is 0 Å². The Balaban J connectivity index is 1.64. The Bertz CT molecular complexity index is 1270. The fourth-order valence-electron chi connectivity index (χ4n) is 3.26. The third kappa shape index (κ3) is 7.68. The van der Waals surface area contributed by atoms with E-state index in [4.69, 9.17) is 4.74 Å². The van der Waals surface area contributed by atoms with Crippen molar-refractivity contribution < 1.29 is 17.9 Å². The smallest absolute Gasteiger partial charge is 0.271 e. The lowest BCUT2D eigenvalue weighted by Crippen LogP contribution is -2.29. The van der Waals surface area contributed by atoms with Crippen molar-refractivity contribution in [2.75, 3.05) is 17.2 Å². The van der Waals surface area contributed by atoms with Gasteiger partial charge < -0.3 is 4.74 Å². The van der Waals surface area contributed by atoms with E-state index in [2.05, 4.69) is 24.4 Å². The molecule has 0 bridgehead atoms. The highest BCUT2D eigenvalue weighted by Crippen LogP contribution is 2.22. The van der Waals surface area contributed by atoms with E-state index in [1.165, 1.54) is 10.6 Å². The molecule has 0 spiro atoms. The van der Waals surface area contributed by atoms with Crippen molar-refractivity contribution in [1.29, 1.82) is 0 Å². The molecule has 0 aromatic heterocycles. The zero-order valence-electron chi connectivity index (χ0n) is 20.4. The van der Waals surface area contributed by atoms with Gasteiger partial charge in [0.15, 0.2) is 0 Å². The van der Waals surface area contributed by atoms with Crippen LogP contribution in [-0.4, -0.2) is 33.4 Å². The Morgan fingerprint density at radius 1 is 1.03 bits per heavy atom. The van der Waals surface area contributed by atoms with Gasteiger partial charge in [0.25, 0.3) is 5.91 Å². The Kier molecular flexibility index (Phi) is 8.65. The maximum absolute atomic E-state index is 12.5. The van der Waals surface area contributed by atoms with Crippen LogP contribution in [0.5, 0.6) is 5.75 Å². The number of aryl methyl sites for hydroxylation is 1. The maximum Gasteiger partial charge on any atom is 0.271 e. The highest BCUT2D eigenvalue weighted by atomic mass is 32.2. The number of sulfonamides is 1. The van der Waals surface area contributed by atoms with Crippen LogP contribution in [0.2, 0.25) is 0 Å². The molecular weight excluding hydrogens is 462 g/mol. The standard InChI is InChI=1S/C27H31N3O4S/c1-20(2)19-34-26-15-9-22(10-16-26)17-28-29-27(31)23-11-13-25(14-12-23)30(35(4,32)33)18-24-8-6-5-7-21(24)3/h5-17,20H,18-19H2,1-4H3,(H,29,31)/b28-17-. The molecule has 35 heavy (non-hydrogen) atoms. The largest absolute Gasteiger partial charge is 0.493 e. The van der Waals surface area contributed by atoms with Crippen LogP contribution < -0.4 is 14.5 Å². The molecule has 3 rings (SSSR count). The van der Waals surface area contributed by atoms with Gasteiger partial charge in [-0.3, -0.25) is 9.10 Å². The summed E-state index contributed by atoms with van der Waals surface area (Å²) in [6, 6.07) is 21.5. The minimum absolute atomic E-state index is 0.211. The topological polar surface area (TPSA) is 88.1 Å². The number of amides is 1. The molecule has 3 aromatic carbocycles. The summed E-state index contributed by atoms with van der Waals surface area (Å²) in [5.74, 6) is 0.836. The minimum atomic E-state index is -3.52. The molecule has 0 aliphatic rings. The van der Waals surface area contributed by atoms with Crippen molar-refractivity contribution in [1.82, 2.24) is 5.43 Å². The molecule has 8 heteroatoms. The monoisotopic (exact) mass is 493 g/mol. The number of rotatable bonds is 10. The van der Waals surface area contributed by atoms with Crippen molar-refractivity contribution >= 4 is 27.8 Å². The zero-order valence-corrected chi connectivity index (χ0v) is 21.2. The van der Waals surface area contributed by atoms with E-state index < -0.39 is 15.9 Å². The van der Waals surface area contributed by atoms with Crippen LogP contribution in [0.3, 0.4) is 0 Å². The Morgan fingerprint density at radius 3 is 2.29 bits per heavy atom. The number of nitrogens with zero attached hydrogens (tertiary/aromatic N) is 2. The molecule has 0 radical (unpaired) electrons. The van der Waals surface area contributed by atoms with E-state index in [-0.39, 0.29) is 6.54 Å². The van der Waals surface area contributed by atoms with Gasteiger partial charge >= 0.3 is 0 Å². The van der Waals surface area contributed by atoms with Crippen LogP contribution in [0.15, 0.2) is 77.9 Å². The second-order valence-electron chi connectivity index (χ2n) is 8.72. The Hall–Kier alpha value is -3.65. The fourth-order valence-corrected chi connectivity index (χ4v) is 4.14. The van der Waals surface area contributed by atoms with Gasteiger partial charge in [0.05, 0.1) is 31.3 Å². The lowest BCUT2D eigenvalue weighted by atomic mass is 10.1. The summed E-state index contributed by atoms with van der Waals surface area (Å²) in [5.41, 5.74) is 6.08. The summed E-state index contributed by atoms with van der Waals surface area (Å²) in [4.78, 5) is 12.5. The lowest BCUT2D eigenvalue weighted by Gasteiger charge is -2.23. The molecular formula is C27H31N3O4S. The summed E-state index contributed by atoms with van der Waals surface area (Å²) in [6.07, 6.45) is 2.72. The van der Waals surface area contributed by atoms with Crippen molar-refractivity contribution in [2.24, 2.45) is 11.0 Å². The van der Waals surface area contributed by atoms with E-state index in [1.54, 1.807) is 30.5 Å². The number of carbonyl (C=O) groups is 1. The van der Waals surface area contributed by atoms with Crippen LogP contribution in [0.1, 0.15) is 40.9 Å². The Labute approximate surface area is 207 Å². The van der Waals surface area contributed by atoms with Crippen molar-refractivity contribution in [3.05, 3.63) is 95.1 Å². The molecule has 0 aliphatic heterocycles. The van der Waals surface area contributed by atoms with Crippen LogP contribution >= 0.6 is 0 Å². The number of benzene rings is 3. The molecule has 0 saturated heterocycles. The molecule has 1 N–H and O–H groups in total. The summed E-state index contributed by atoms with van der Waals surface area (Å²) < 4.78 is 31.9. The summed E-state index contributed by atoms with van der Waals surface area (Å²) >= 11 is 0. The van der Waals surface area contributed by atoms with E-state index in [0.717, 1.165) is 22.4 Å². The molecule has 7 nitrogen and oxygen atoms in total. The van der Waals surface area contributed by atoms with E-state index >= 15 is 0 Å². The second-order valence-corrected chi connectivity index (χ2v) is 10.6. The summed E-state index contributed by atoms with van der Waals surface area (Å²) in [7, 11) is -3.52. The van der Waals surface area contributed by atoms with Crippen LogP contribution in [0, 0.1) is 12.8 Å². The molecule has 0 fully saturated rings. The molecule has 0 saturated carbocycles. The molecule has 0 atom stereocenters. The maximum atomic E-state index is 12.5. The van der Waals surface area contributed by atoms with Gasteiger partial charge in [-0.1, -0.05) is 38.1 Å².